The summed E-state index contributed by atoms with van der Waals surface area (Å²) < 4.78 is 27.2. The highest BCUT2D eigenvalue weighted by atomic mass is 32.2. The number of hydrogen-bond acceptors (Lipinski definition) is 3. The van der Waals surface area contributed by atoms with Crippen LogP contribution in [0.1, 0.15) is 0 Å². The topological polar surface area (TPSA) is 65.1 Å². The van der Waals surface area contributed by atoms with Gasteiger partial charge in [-0.15, -0.1) is 0 Å². The average molecular weight is 320 g/mol. The van der Waals surface area contributed by atoms with E-state index >= 15 is 0 Å². The summed E-state index contributed by atoms with van der Waals surface area (Å²) in [5.74, 6) is 6.18. The Hall–Kier alpha value is -2.79. The number of benzene rings is 3. The van der Waals surface area contributed by atoms with Crippen LogP contribution in [-0.2, 0) is 9.84 Å². The number of nitrogens with zero attached hydrogens (tertiary/aromatic N) is 1. The summed E-state index contributed by atoms with van der Waals surface area (Å²) >= 11 is 0. The Bertz CT molecular complexity index is 1240. The van der Waals surface area contributed by atoms with Crippen LogP contribution in [-0.4, -0.2) is 13.1 Å². The molecule has 5 rings (SSSR count). The fraction of sp³-hybridized carbons (Fsp3) is 0. The lowest BCUT2D eigenvalue weighted by Gasteiger charge is -2.02. The number of nitrogen functional groups attached to an aromatic ring is 1. The van der Waals surface area contributed by atoms with E-state index in [1.54, 1.807) is 22.9 Å². The molecule has 0 atom stereocenters. The van der Waals surface area contributed by atoms with E-state index in [4.69, 9.17) is 5.84 Å². The highest BCUT2D eigenvalue weighted by Gasteiger charge is 2.33. The van der Waals surface area contributed by atoms with Crippen molar-refractivity contribution < 1.29 is 8.42 Å². The Morgan fingerprint density at radius 3 is 2.35 bits per heavy atom. The van der Waals surface area contributed by atoms with Gasteiger partial charge in [-0.3, -0.25) is 4.68 Å². The zero-order valence-electron chi connectivity index (χ0n) is 12.0. The van der Waals surface area contributed by atoms with Crippen molar-refractivity contribution in [1.29, 1.82) is 0 Å². The molecule has 1 aromatic heterocycles. The predicted molar refractivity (Wildman–Crippen MR) is 90.5 cm³/mol. The first-order valence-electron chi connectivity index (χ1n) is 7.26. The summed E-state index contributed by atoms with van der Waals surface area (Å²) in [4.78, 5) is 0.705. The highest BCUT2D eigenvalue weighted by Crippen LogP contribution is 2.45. The van der Waals surface area contributed by atoms with Gasteiger partial charge in [-0.1, -0.05) is 36.4 Å². The van der Waals surface area contributed by atoms with Crippen LogP contribution in [0.4, 0.5) is 0 Å². The standard InChI is InChI=1S/C18H12N2O2S/c19-20-15-7-3-1-5-11(15)13-9-14-12-6-2-4-8-17(12)23(21,22)18(14)10-16(13)20/h1-10H,19H2. The Morgan fingerprint density at radius 1 is 0.739 bits per heavy atom. The lowest BCUT2D eigenvalue weighted by atomic mass is 10.0. The van der Waals surface area contributed by atoms with Crippen molar-refractivity contribution in [3.05, 3.63) is 60.7 Å². The van der Waals surface area contributed by atoms with Gasteiger partial charge in [0.1, 0.15) is 0 Å². The second-order valence-corrected chi connectivity index (χ2v) is 7.64. The first-order valence-corrected chi connectivity index (χ1v) is 8.74. The van der Waals surface area contributed by atoms with Crippen LogP contribution in [0.3, 0.4) is 0 Å². The van der Waals surface area contributed by atoms with E-state index in [9.17, 15) is 8.42 Å². The van der Waals surface area contributed by atoms with Crippen molar-refractivity contribution in [2.45, 2.75) is 9.79 Å². The molecule has 0 bridgehead atoms. The molecule has 3 aromatic carbocycles. The molecule has 0 fully saturated rings. The lowest BCUT2D eigenvalue weighted by molar-refractivity contribution is 0.599. The van der Waals surface area contributed by atoms with E-state index in [1.807, 2.05) is 42.5 Å². The van der Waals surface area contributed by atoms with E-state index in [-0.39, 0.29) is 0 Å². The Balaban J connectivity index is 2.03. The first-order chi connectivity index (χ1) is 11.1. The van der Waals surface area contributed by atoms with Crippen LogP contribution in [0.5, 0.6) is 0 Å². The van der Waals surface area contributed by atoms with E-state index in [0.29, 0.717) is 9.79 Å². The fourth-order valence-electron chi connectivity index (χ4n) is 3.50. The molecule has 4 aromatic rings. The molecule has 1 aliphatic heterocycles. The monoisotopic (exact) mass is 320 g/mol. The van der Waals surface area contributed by atoms with Gasteiger partial charge in [-0.05, 0) is 24.3 Å². The van der Waals surface area contributed by atoms with Crippen LogP contribution >= 0.6 is 0 Å². The molecule has 2 N–H and O–H groups in total. The number of hydrogen-bond donors (Lipinski definition) is 1. The third kappa shape index (κ3) is 1.42. The minimum absolute atomic E-state index is 0.334. The third-order valence-electron chi connectivity index (χ3n) is 4.57. The van der Waals surface area contributed by atoms with Crippen LogP contribution in [0.25, 0.3) is 32.9 Å². The molecule has 0 aliphatic carbocycles. The molecule has 23 heavy (non-hydrogen) atoms. The smallest absolute Gasteiger partial charge is 0.207 e. The van der Waals surface area contributed by atoms with E-state index in [2.05, 4.69) is 0 Å². The van der Waals surface area contributed by atoms with Crippen molar-refractivity contribution in [3.8, 4) is 11.1 Å². The van der Waals surface area contributed by atoms with Gasteiger partial charge in [0, 0.05) is 21.9 Å². The molecule has 112 valence electrons. The zero-order chi connectivity index (χ0) is 15.8. The molecule has 0 saturated carbocycles. The van der Waals surface area contributed by atoms with Gasteiger partial charge in [0.2, 0.25) is 9.84 Å². The minimum atomic E-state index is -3.48. The summed E-state index contributed by atoms with van der Waals surface area (Å²) in [6.45, 7) is 0. The average Bonchev–Trinajstić information content (AvgIpc) is 2.98. The van der Waals surface area contributed by atoms with E-state index in [0.717, 1.165) is 32.9 Å². The number of aromatic nitrogens is 1. The van der Waals surface area contributed by atoms with Crippen LogP contribution in [0, 0.1) is 0 Å². The summed E-state index contributed by atoms with van der Waals surface area (Å²) in [5.41, 5.74) is 3.13. The van der Waals surface area contributed by atoms with Crippen LogP contribution < -0.4 is 5.84 Å². The van der Waals surface area contributed by atoms with E-state index < -0.39 is 9.84 Å². The van der Waals surface area contributed by atoms with Crippen molar-refractivity contribution in [2.24, 2.45) is 0 Å². The molecule has 0 spiro atoms. The van der Waals surface area contributed by atoms with E-state index in [1.165, 1.54) is 0 Å². The molecular weight excluding hydrogens is 308 g/mol. The van der Waals surface area contributed by atoms with Gasteiger partial charge >= 0.3 is 0 Å². The van der Waals surface area contributed by atoms with Gasteiger partial charge in [0.25, 0.3) is 0 Å². The minimum Gasteiger partial charge on any atom is -0.339 e. The number of rotatable bonds is 0. The molecule has 0 unspecified atom stereocenters. The SMILES string of the molecule is Nn1c2ccccc2c2cc3c(cc21)S(=O)(=O)c1ccccc1-3. The second kappa shape index (κ2) is 3.94. The van der Waals surface area contributed by atoms with Gasteiger partial charge in [-0.2, -0.15) is 0 Å². The number of nitrogens with two attached hydrogens (primary N) is 1. The summed E-state index contributed by atoms with van der Waals surface area (Å²) in [6, 6.07) is 18.6. The molecular formula is C18H12N2O2S. The van der Waals surface area contributed by atoms with Crippen molar-refractivity contribution in [1.82, 2.24) is 4.68 Å². The maximum Gasteiger partial charge on any atom is 0.207 e. The molecule has 1 aliphatic rings. The summed E-state index contributed by atoms with van der Waals surface area (Å²) in [7, 11) is -3.48. The normalized spacial score (nSPS) is 15.0. The summed E-state index contributed by atoms with van der Waals surface area (Å²) in [5, 5.41) is 1.99. The van der Waals surface area contributed by atoms with Gasteiger partial charge in [0.05, 0.1) is 20.8 Å². The maximum absolute atomic E-state index is 12.8. The number of fused-ring (bicyclic) bond motifs is 6. The Morgan fingerprint density at radius 2 is 1.48 bits per heavy atom. The first kappa shape index (κ1) is 12.7. The molecule has 0 saturated heterocycles. The molecule has 5 heteroatoms. The molecule has 0 radical (unpaired) electrons. The molecule has 2 heterocycles. The van der Waals surface area contributed by atoms with Gasteiger partial charge in [-0.25, -0.2) is 8.42 Å². The quantitative estimate of drug-likeness (QED) is 0.445. The molecule has 0 amide bonds. The predicted octanol–water partition coefficient (Wildman–Crippen LogP) is 3.32. The largest absolute Gasteiger partial charge is 0.339 e. The Labute approximate surface area is 132 Å². The van der Waals surface area contributed by atoms with Crippen molar-refractivity contribution in [2.75, 3.05) is 5.84 Å². The highest BCUT2D eigenvalue weighted by molar-refractivity contribution is 7.92. The summed E-state index contributed by atoms with van der Waals surface area (Å²) in [6.07, 6.45) is 0. The van der Waals surface area contributed by atoms with Gasteiger partial charge in [0.15, 0.2) is 0 Å². The van der Waals surface area contributed by atoms with Gasteiger partial charge < -0.3 is 5.84 Å². The Kier molecular flexibility index (Phi) is 2.18. The van der Waals surface area contributed by atoms with Crippen molar-refractivity contribution >= 4 is 31.6 Å². The molecule has 4 nitrogen and oxygen atoms in total. The van der Waals surface area contributed by atoms with Crippen LogP contribution in [0.2, 0.25) is 0 Å². The zero-order valence-corrected chi connectivity index (χ0v) is 12.8. The number of sulfone groups is 1. The fourth-order valence-corrected chi connectivity index (χ4v) is 5.19. The maximum atomic E-state index is 12.8. The second-order valence-electron chi connectivity index (χ2n) is 5.75. The number of para-hydroxylation sites is 1. The lowest BCUT2D eigenvalue weighted by Crippen LogP contribution is -2.07. The third-order valence-corrected chi connectivity index (χ3v) is 6.42. The van der Waals surface area contributed by atoms with Crippen molar-refractivity contribution in [3.63, 3.8) is 0 Å². The van der Waals surface area contributed by atoms with Crippen LogP contribution in [0.15, 0.2) is 70.5 Å².